The molecule has 2 heterocycles. The maximum Gasteiger partial charge on any atom is 0.230 e. The third kappa shape index (κ3) is 3.59. The summed E-state index contributed by atoms with van der Waals surface area (Å²) in [5, 5.41) is 6.92. The second kappa shape index (κ2) is 7.39. The zero-order chi connectivity index (χ0) is 17.8. The number of hydrogen-bond acceptors (Lipinski definition) is 5. The fraction of sp³-hybridized carbons (Fsp3) is 0.250. The number of hydrogen-bond donors (Lipinski definition) is 1. The Hall–Kier alpha value is -3.15. The van der Waals surface area contributed by atoms with Crippen LogP contribution in [-0.4, -0.2) is 22.6 Å². The molecule has 1 aliphatic heterocycles. The third-order valence-corrected chi connectivity index (χ3v) is 4.40. The van der Waals surface area contributed by atoms with E-state index in [4.69, 9.17) is 9.26 Å². The zero-order valence-electron chi connectivity index (χ0n) is 14.2. The number of nitrogens with zero attached hydrogens (tertiary/aromatic N) is 2. The summed E-state index contributed by atoms with van der Waals surface area (Å²) in [5.74, 6) is 1.68. The molecule has 1 amide bonds. The standard InChI is InChI=1S/C20H19N3O3/c24-18-12-15(10-11-21-18)20-22-19(23-26-20)16-8-4-5-9-17(16)25-13-14-6-2-1-3-7-14/h1-9,15H,10-13H2,(H,21,24)/t15-/m1/s1. The lowest BCUT2D eigenvalue weighted by Gasteiger charge is -2.18. The first-order valence-corrected chi connectivity index (χ1v) is 8.66. The smallest absolute Gasteiger partial charge is 0.230 e. The van der Waals surface area contributed by atoms with Gasteiger partial charge in [-0.2, -0.15) is 4.98 Å². The van der Waals surface area contributed by atoms with Crippen LogP contribution in [0.15, 0.2) is 59.1 Å². The van der Waals surface area contributed by atoms with Crippen LogP contribution in [0.25, 0.3) is 11.4 Å². The number of ether oxygens (including phenoxy) is 1. The fourth-order valence-corrected chi connectivity index (χ4v) is 3.02. The van der Waals surface area contributed by atoms with E-state index in [0.29, 0.717) is 37.0 Å². The summed E-state index contributed by atoms with van der Waals surface area (Å²) < 4.78 is 11.4. The molecule has 1 fully saturated rings. The average molecular weight is 349 g/mol. The Balaban J connectivity index is 1.54. The molecule has 1 N–H and O–H groups in total. The van der Waals surface area contributed by atoms with Crippen LogP contribution in [0.1, 0.15) is 30.2 Å². The van der Waals surface area contributed by atoms with Crippen molar-refractivity contribution in [2.45, 2.75) is 25.4 Å². The van der Waals surface area contributed by atoms with E-state index >= 15 is 0 Å². The van der Waals surface area contributed by atoms with Crippen LogP contribution in [0.5, 0.6) is 5.75 Å². The summed E-state index contributed by atoms with van der Waals surface area (Å²) in [6, 6.07) is 17.6. The minimum atomic E-state index is -0.0256. The van der Waals surface area contributed by atoms with Crippen LogP contribution in [-0.2, 0) is 11.4 Å². The van der Waals surface area contributed by atoms with Crippen LogP contribution >= 0.6 is 0 Å². The molecule has 1 aromatic heterocycles. The van der Waals surface area contributed by atoms with Crippen molar-refractivity contribution in [2.24, 2.45) is 0 Å². The van der Waals surface area contributed by atoms with E-state index in [1.807, 2.05) is 54.6 Å². The molecule has 2 aromatic carbocycles. The molecule has 0 radical (unpaired) electrons. The van der Waals surface area contributed by atoms with Gasteiger partial charge in [0.15, 0.2) is 0 Å². The molecule has 0 saturated carbocycles. The summed E-state index contributed by atoms with van der Waals surface area (Å²) >= 11 is 0. The molecular formula is C20H19N3O3. The van der Waals surface area contributed by atoms with Gasteiger partial charge in [-0.1, -0.05) is 47.6 Å². The van der Waals surface area contributed by atoms with Gasteiger partial charge in [-0.25, -0.2) is 0 Å². The Labute approximate surface area is 151 Å². The average Bonchev–Trinajstić information content (AvgIpc) is 3.17. The summed E-state index contributed by atoms with van der Waals surface area (Å²) in [5.41, 5.74) is 1.86. The minimum Gasteiger partial charge on any atom is -0.488 e. The van der Waals surface area contributed by atoms with E-state index in [1.54, 1.807) is 0 Å². The number of piperidine rings is 1. The van der Waals surface area contributed by atoms with E-state index in [2.05, 4.69) is 15.5 Å². The summed E-state index contributed by atoms with van der Waals surface area (Å²) in [6.07, 6.45) is 1.19. The van der Waals surface area contributed by atoms with Gasteiger partial charge in [0.25, 0.3) is 0 Å². The van der Waals surface area contributed by atoms with Crippen LogP contribution in [0.4, 0.5) is 0 Å². The van der Waals surface area contributed by atoms with Crippen LogP contribution in [0, 0.1) is 0 Å². The Morgan fingerprint density at radius 3 is 2.77 bits per heavy atom. The summed E-state index contributed by atoms with van der Waals surface area (Å²) in [7, 11) is 0. The van der Waals surface area contributed by atoms with Crippen molar-refractivity contribution in [3.63, 3.8) is 0 Å². The lowest BCUT2D eigenvalue weighted by atomic mass is 9.98. The van der Waals surface area contributed by atoms with Gasteiger partial charge in [0.05, 0.1) is 5.56 Å². The normalized spacial score (nSPS) is 16.9. The van der Waals surface area contributed by atoms with Crippen LogP contribution < -0.4 is 10.1 Å². The molecule has 6 heteroatoms. The fourth-order valence-electron chi connectivity index (χ4n) is 3.02. The molecule has 1 saturated heterocycles. The molecule has 3 aromatic rings. The van der Waals surface area contributed by atoms with E-state index < -0.39 is 0 Å². The van der Waals surface area contributed by atoms with Gasteiger partial charge in [-0.05, 0) is 24.1 Å². The molecule has 6 nitrogen and oxygen atoms in total. The first kappa shape index (κ1) is 16.3. The van der Waals surface area contributed by atoms with Crippen molar-refractivity contribution < 1.29 is 14.1 Å². The van der Waals surface area contributed by atoms with Crippen molar-refractivity contribution in [3.8, 4) is 17.1 Å². The number of nitrogens with one attached hydrogen (secondary N) is 1. The number of para-hydroxylation sites is 1. The predicted molar refractivity (Wildman–Crippen MR) is 95.5 cm³/mol. The molecule has 0 spiro atoms. The Morgan fingerprint density at radius 2 is 1.92 bits per heavy atom. The second-order valence-electron chi connectivity index (χ2n) is 6.27. The molecule has 0 bridgehead atoms. The highest BCUT2D eigenvalue weighted by atomic mass is 16.5. The number of benzene rings is 2. The van der Waals surface area contributed by atoms with E-state index in [9.17, 15) is 4.79 Å². The molecule has 4 rings (SSSR count). The monoisotopic (exact) mass is 349 g/mol. The van der Waals surface area contributed by atoms with Gasteiger partial charge in [-0.3, -0.25) is 4.79 Å². The molecule has 0 unspecified atom stereocenters. The highest BCUT2D eigenvalue weighted by molar-refractivity contribution is 5.77. The zero-order valence-corrected chi connectivity index (χ0v) is 14.2. The number of rotatable bonds is 5. The van der Waals surface area contributed by atoms with E-state index in [1.165, 1.54) is 0 Å². The SMILES string of the molecule is O=C1C[C@H](c2nc(-c3ccccc3OCc3ccccc3)no2)CCN1. The first-order valence-electron chi connectivity index (χ1n) is 8.66. The van der Waals surface area contributed by atoms with Crippen molar-refractivity contribution in [2.75, 3.05) is 6.54 Å². The molecule has 1 aliphatic rings. The van der Waals surface area contributed by atoms with Gasteiger partial charge in [0, 0.05) is 18.9 Å². The first-order chi connectivity index (χ1) is 12.8. The Kier molecular flexibility index (Phi) is 4.64. The van der Waals surface area contributed by atoms with Gasteiger partial charge in [0.2, 0.25) is 17.6 Å². The number of aromatic nitrogens is 2. The van der Waals surface area contributed by atoms with Gasteiger partial charge in [0.1, 0.15) is 12.4 Å². The Morgan fingerprint density at radius 1 is 1.12 bits per heavy atom. The van der Waals surface area contributed by atoms with Crippen molar-refractivity contribution in [1.29, 1.82) is 0 Å². The maximum atomic E-state index is 11.6. The number of carbonyl (C=O) groups excluding carboxylic acids is 1. The lowest BCUT2D eigenvalue weighted by molar-refractivity contribution is -0.122. The lowest BCUT2D eigenvalue weighted by Crippen LogP contribution is -2.32. The largest absolute Gasteiger partial charge is 0.488 e. The van der Waals surface area contributed by atoms with Crippen LogP contribution in [0.3, 0.4) is 0 Å². The molecule has 0 aliphatic carbocycles. The van der Waals surface area contributed by atoms with Gasteiger partial charge in [-0.15, -0.1) is 0 Å². The molecule has 26 heavy (non-hydrogen) atoms. The maximum absolute atomic E-state index is 11.6. The predicted octanol–water partition coefficient (Wildman–Crippen LogP) is 3.31. The highest BCUT2D eigenvalue weighted by Crippen LogP contribution is 2.31. The third-order valence-electron chi connectivity index (χ3n) is 4.40. The molecule has 132 valence electrons. The van der Waals surface area contributed by atoms with Crippen molar-refractivity contribution in [3.05, 3.63) is 66.1 Å². The number of carbonyl (C=O) groups is 1. The molecular weight excluding hydrogens is 330 g/mol. The van der Waals surface area contributed by atoms with E-state index in [-0.39, 0.29) is 11.8 Å². The van der Waals surface area contributed by atoms with Crippen molar-refractivity contribution >= 4 is 5.91 Å². The quantitative estimate of drug-likeness (QED) is 0.765. The highest BCUT2D eigenvalue weighted by Gasteiger charge is 2.26. The van der Waals surface area contributed by atoms with Gasteiger partial charge >= 0.3 is 0 Å². The minimum absolute atomic E-state index is 0.0209. The van der Waals surface area contributed by atoms with Crippen LogP contribution in [0.2, 0.25) is 0 Å². The summed E-state index contributed by atoms with van der Waals surface area (Å²) in [6.45, 7) is 1.10. The van der Waals surface area contributed by atoms with Crippen molar-refractivity contribution in [1.82, 2.24) is 15.5 Å². The second-order valence-corrected chi connectivity index (χ2v) is 6.27. The van der Waals surface area contributed by atoms with Gasteiger partial charge < -0.3 is 14.6 Å². The summed E-state index contributed by atoms with van der Waals surface area (Å²) in [4.78, 5) is 16.1. The Bertz CT molecular complexity index is 892. The molecule has 1 atom stereocenters. The van der Waals surface area contributed by atoms with E-state index in [0.717, 1.165) is 17.5 Å². The number of amides is 1. The topological polar surface area (TPSA) is 77.2 Å².